The van der Waals surface area contributed by atoms with E-state index in [4.69, 9.17) is 18.0 Å². The number of nitrogens with zero attached hydrogens (tertiary/aromatic N) is 2. The first-order valence-corrected chi connectivity index (χ1v) is 9.63. The largest absolute Gasteiger partial charge is 0.389 e. The van der Waals surface area contributed by atoms with Crippen molar-refractivity contribution < 1.29 is 4.79 Å². The third kappa shape index (κ3) is 3.75. The average Bonchev–Trinajstić information content (AvgIpc) is 3.01. The van der Waals surface area contributed by atoms with E-state index in [1.54, 1.807) is 24.5 Å². The topological polar surface area (TPSA) is 72.9 Å². The van der Waals surface area contributed by atoms with Crippen molar-refractivity contribution in [3.63, 3.8) is 0 Å². The maximum Gasteiger partial charge on any atom is 0.272 e. The fourth-order valence-corrected chi connectivity index (χ4v) is 3.69. The molecule has 6 heteroatoms. The molecule has 0 saturated carbocycles. The highest BCUT2D eigenvalue weighted by Gasteiger charge is 2.20. The van der Waals surface area contributed by atoms with Gasteiger partial charge in [-0.25, -0.2) is 0 Å². The Balaban J connectivity index is 1.80. The fraction of sp³-hybridized carbons (Fsp3) is 0.0870. The van der Waals surface area contributed by atoms with Gasteiger partial charge in [-0.15, -0.1) is 0 Å². The van der Waals surface area contributed by atoms with E-state index in [2.05, 4.69) is 10.3 Å². The van der Waals surface area contributed by atoms with Crippen LogP contribution in [0.15, 0.2) is 73.1 Å². The molecule has 144 valence electrons. The van der Waals surface area contributed by atoms with Gasteiger partial charge in [-0.05, 0) is 42.3 Å². The standard InChI is InChI=1S/C23H20N4OS/c1-15-19-7-2-3-8-20(19)27(14-16-5-4-6-17(13-16)22(24)29)21(15)23(28)26-18-9-11-25-12-10-18/h2-13H,14H2,1H3,(H2,24,29)(H,25,26,28). The first-order valence-electron chi connectivity index (χ1n) is 9.22. The third-order valence-corrected chi connectivity index (χ3v) is 5.17. The number of thiocarbonyl (C=S) groups is 1. The normalized spacial score (nSPS) is 10.8. The number of hydrogen-bond acceptors (Lipinski definition) is 3. The lowest BCUT2D eigenvalue weighted by molar-refractivity contribution is 0.101. The molecule has 0 radical (unpaired) electrons. The van der Waals surface area contributed by atoms with Gasteiger partial charge in [0.15, 0.2) is 0 Å². The van der Waals surface area contributed by atoms with Crippen molar-refractivity contribution in [2.24, 2.45) is 5.73 Å². The number of rotatable bonds is 5. The number of carbonyl (C=O) groups is 1. The smallest absolute Gasteiger partial charge is 0.272 e. The van der Waals surface area contributed by atoms with E-state index in [0.29, 0.717) is 22.9 Å². The van der Waals surface area contributed by atoms with Gasteiger partial charge in [0.1, 0.15) is 10.7 Å². The van der Waals surface area contributed by atoms with E-state index in [-0.39, 0.29) is 5.91 Å². The highest BCUT2D eigenvalue weighted by atomic mass is 32.1. The third-order valence-electron chi connectivity index (χ3n) is 4.93. The molecule has 0 aliphatic carbocycles. The number of aryl methyl sites for hydroxylation is 1. The van der Waals surface area contributed by atoms with Gasteiger partial charge in [-0.3, -0.25) is 9.78 Å². The van der Waals surface area contributed by atoms with Crippen LogP contribution in [0.3, 0.4) is 0 Å². The highest BCUT2D eigenvalue weighted by molar-refractivity contribution is 7.80. The van der Waals surface area contributed by atoms with E-state index >= 15 is 0 Å². The van der Waals surface area contributed by atoms with Crippen molar-refractivity contribution >= 4 is 39.7 Å². The average molecular weight is 401 g/mol. The molecule has 2 aromatic carbocycles. The Morgan fingerprint density at radius 3 is 2.62 bits per heavy atom. The van der Waals surface area contributed by atoms with Crippen molar-refractivity contribution in [2.45, 2.75) is 13.5 Å². The van der Waals surface area contributed by atoms with Crippen molar-refractivity contribution in [3.8, 4) is 0 Å². The minimum absolute atomic E-state index is 0.157. The van der Waals surface area contributed by atoms with Gasteiger partial charge < -0.3 is 15.6 Å². The summed E-state index contributed by atoms with van der Waals surface area (Å²) in [6.45, 7) is 2.51. The minimum atomic E-state index is -0.157. The predicted molar refractivity (Wildman–Crippen MR) is 120 cm³/mol. The quantitative estimate of drug-likeness (QED) is 0.491. The molecule has 0 aliphatic rings. The first kappa shape index (κ1) is 18.8. The second kappa shape index (κ2) is 7.85. The monoisotopic (exact) mass is 400 g/mol. The van der Waals surface area contributed by atoms with Gasteiger partial charge in [-0.2, -0.15) is 0 Å². The van der Waals surface area contributed by atoms with Crippen molar-refractivity contribution in [3.05, 3.63) is 95.4 Å². The zero-order valence-corrected chi connectivity index (χ0v) is 16.7. The summed E-state index contributed by atoms with van der Waals surface area (Å²) in [5.41, 5.74) is 10.9. The lowest BCUT2D eigenvalue weighted by Crippen LogP contribution is -2.19. The number of anilines is 1. The number of para-hydroxylation sites is 1. The molecular formula is C23H20N4OS. The molecule has 0 saturated heterocycles. The Labute approximate surface area is 174 Å². The molecule has 0 spiro atoms. The highest BCUT2D eigenvalue weighted by Crippen LogP contribution is 2.27. The van der Waals surface area contributed by atoms with E-state index in [9.17, 15) is 4.79 Å². The Morgan fingerprint density at radius 2 is 1.86 bits per heavy atom. The summed E-state index contributed by atoms with van der Waals surface area (Å²) in [5, 5.41) is 4.03. The minimum Gasteiger partial charge on any atom is -0.389 e. The van der Waals surface area contributed by atoms with Crippen molar-refractivity contribution in [1.82, 2.24) is 9.55 Å². The summed E-state index contributed by atoms with van der Waals surface area (Å²) in [5.74, 6) is -0.157. The molecule has 3 N–H and O–H groups in total. The van der Waals surface area contributed by atoms with Crippen LogP contribution >= 0.6 is 12.2 Å². The molecule has 2 heterocycles. The number of carbonyl (C=O) groups excluding carboxylic acids is 1. The van der Waals surface area contributed by atoms with E-state index in [0.717, 1.165) is 27.6 Å². The molecule has 0 bridgehead atoms. The van der Waals surface area contributed by atoms with Crippen molar-refractivity contribution in [1.29, 1.82) is 0 Å². The Morgan fingerprint density at radius 1 is 1.10 bits per heavy atom. The lowest BCUT2D eigenvalue weighted by Gasteiger charge is -2.13. The Hall–Kier alpha value is -3.51. The molecule has 4 rings (SSSR count). The summed E-state index contributed by atoms with van der Waals surface area (Å²) >= 11 is 5.11. The molecule has 29 heavy (non-hydrogen) atoms. The molecule has 1 amide bonds. The van der Waals surface area contributed by atoms with Gasteiger partial charge in [-0.1, -0.05) is 48.6 Å². The summed E-state index contributed by atoms with van der Waals surface area (Å²) in [4.78, 5) is 17.6. The van der Waals surface area contributed by atoms with Crippen LogP contribution < -0.4 is 11.1 Å². The first-order chi connectivity index (χ1) is 14.0. The molecule has 5 nitrogen and oxygen atoms in total. The summed E-state index contributed by atoms with van der Waals surface area (Å²) < 4.78 is 2.04. The van der Waals surface area contributed by atoms with Gasteiger partial charge in [0, 0.05) is 41.1 Å². The number of hydrogen-bond donors (Lipinski definition) is 2. The summed E-state index contributed by atoms with van der Waals surface area (Å²) in [7, 11) is 0. The number of nitrogens with one attached hydrogen (secondary N) is 1. The zero-order chi connectivity index (χ0) is 20.4. The molecule has 0 aliphatic heterocycles. The van der Waals surface area contributed by atoms with Gasteiger partial charge in [0.2, 0.25) is 0 Å². The van der Waals surface area contributed by atoms with Gasteiger partial charge in [0.05, 0.1) is 0 Å². The predicted octanol–water partition coefficient (Wildman–Crippen LogP) is 4.28. The number of fused-ring (bicyclic) bond motifs is 1. The summed E-state index contributed by atoms with van der Waals surface area (Å²) in [6, 6.07) is 19.4. The van der Waals surface area contributed by atoms with E-state index in [1.807, 2.05) is 60.0 Å². The fourth-order valence-electron chi connectivity index (χ4n) is 3.56. The van der Waals surface area contributed by atoms with Crippen LogP contribution in [-0.2, 0) is 6.54 Å². The maximum atomic E-state index is 13.2. The molecular weight excluding hydrogens is 380 g/mol. The lowest BCUT2D eigenvalue weighted by atomic mass is 10.1. The van der Waals surface area contributed by atoms with Crippen LogP contribution in [0, 0.1) is 6.92 Å². The summed E-state index contributed by atoms with van der Waals surface area (Å²) in [6.07, 6.45) is 3.30. The zero-order valence-electron chi connectivity index (χ0n) is 15.9. The molecule has 0 fully saturated rings. The Kier molecular flexibility index (Phi) is 5.10. The molecule has 0 atom stereocenters. The SMILES string of the molecule is Cc1c(C(=O)Nc2ccncc2)n(Cc2cccc(C(N)=S)c2)c2ccccc12. The van der Waals surface area contributed by atoms with Crippen LogP contribution in [0.1, 0.15) is 27.2 Å². The van der Waals surface area contributed by atoms with Crippen molar-refractivity contribution in [2.75, 3.05) is 5.32 Å². The van der Waals surface area contributed by atoms with E-state index in [1.165, 1.54) is 0 Å². The number of amides is 1. The van der Waals surface area contributed by atoms with Gasteiger partial charge in [0.25, 0.3) is 5.91 Å². The number of benzene rings is 2. The number of aromatic nitrogens is 2. The second-order valence-electron chi connectivity index (χ2n) is 6.83. The number of pyridine rings is 1. The van der Waals surface area contributed by atoms with Crippen LogP contribution in [0.2, 0.25) is 0 Å². The van der Waals surface area contributed by atoms with Crippen LogP contribution in [0.4, 0.5) is 5.69 Å². The maximum absolute atomic E-state index is 13.2. The number of nitrogens with two attached hydrogens (primary N) is 1. The molecule has 4 aromatic rings. The van der Waals surface area contributed by atoms with Crippen LogP contribution in [0.25, 0.3) is 10.9 Å². The Bertz CT molecular complexity index is 1210. The van der Waals surface area contributed by atoms with Gasteiger partial charge >= 0.3 is 0 Å². The van der Waals surface area contributed by atoms with Crippen LogP contribution in [0.5, 0.6) is 0 Å². The second-order valence-corrected chi connectivity index (χ2v) is 7.27. The van der Waals surface area contributed by atoms with Crippen LogP contribution in [-0.4, -0.2) is 20.4 Å². The molecule has 0 unspecified atom stereocenters. The van der Waals surface area contributed by atoms with E-state index < -0.39 is 0 Å². The molecule has 2 aromatic heterocycles.